The highest BCUT2D eigenvalue weighted by Gasteiger charge is 2.16. The Labute approximate surface area is 191 Å². The maximum Gasteiger partial charge on any atom is 0.224 e. The van der Waals surface area contributed by atoms with Crippen molar-refractivity contribution in [3.63, 3.8) is 0 Å². The molecule has 0 fully saturated rings. The quantitative estimate of drug-likeness (QED) is 0.441. The van der Waals surface area contributed by atoms with E-state index < -0.39 is 0 Å². The minimum atomic E-state index is -0.0485. The van der Waals surface area contributed by atoms with E-state index in [9.17, 15) is 4.79 Å². The summed E-state index contributed by atoms with van der Waals surface area (Å²) in [5.74, 6) is 1.46. The van der Waals surface area contributed by atoms with Crippen molar-refractivity contribution in [3.05, 3.63) is 77.7 Å². The van der Waals surface area contributed by atoms with Crippen LogP contribution in [-0.4, -0.2) is 38.9 Å². The van der Waals surface area contributed by atoms with Gasteiger partial charge in [-0.2, -0.15) is 5.10 Å². The van der Waals surface area contributed by atoms with Crippen LogP contribution in [0.1, 0.15) is 5.56 Å². The number of nitrogens with one attached hydrogen (secondary N) is 1. The molecule has 0 aliphatic rings. The van der Waals surface area contributed by atoms with Crippen LogP contribution in [0.3, 0.4) is 0 Å². The maximum atomic E-state index is 12.4. The molecule has 1 N–H and O–H groups in total. The summed E-state index contributed by atoms with van der Waals surface area (Å²) >= 11 is 6.06. The Kier molecular flexibility index (Phi) is 6.56. The minimum Gasteiger partial charge on any atom is -0.497 e. The van der Waals surface area contributed by atoms with Gasteiger partial charge in [-0.1, -0.05) is 35.9 Å². The highest BCUT2D eigenvalue weighted by Crippen LogP contribution is 2.30. The fraction of sp³-hybridized carbons (Fsp3) is 0.208. The fourth-order valence-electron chi connectivity index (χ4n) is 3.48. The predicted octanol–water partition coefficient (Wildman–Crippen LogP) is 3.97. The zero-order valence-corrected chi connectivity index (χ0v) is 18.7. The average Bonchev–Trinajstić information content (AvgIpc) is 3.40. The minimum absolute atomic E-state index is 0.0485. The summed E-state index contributed by atoms with van der Waals surface area (Å²) < 4.78 is 8.98. The molecular weight excluding hydrogens is 426 g/mol. The van der Waals surface area contributed by atoms with E-state index in [1.807, 2.05) is 77.2 Å². The van der Waals surface area contributed by atoms with Crippen LogP contribution in [0.25, 0.3) is 22.6 Å². The number of methoxy groups -OCH3 is 1. The summed E-state index contributed by atoms with van der Waals surface area (Å²) in [5.41, 5.74) is 3.64. The van der Waals surface area contributed by atoms with Gasteiger partial charge in [-0.3, -0.25) is 9.48 Å². The SMILES string of the molecule is COc1cccc(CC(=O)NCCn2cc(-c3ccc(Cl)cc3)c(-c3nccn3C)n2)c1. The third kappa shape index (κ3) is 5.00. The van der Waals surface area contributed by atoms with Gasteiger partial charge in [0.1, 0.15) is 11.4 Å². The highest BCUT2D eigenvalue weighted by molar-refractivity contribution is 6.30. The van der Waals surface area contributed by atoms with Gasteiger partial charge in [0.15, 0.2) is 5.82 Å². The third-order valence-corrected chi connectivity index (χ3v) is 5.36. The molecule has 7 nitrogen and oxygen atoms in total. The first kappa shape index (κ1) is 21.6. The van der Waals surface area contributed by atoms with Gasteiger partial charge in [-0.15, -0.1) is 0 Å². The lowest BCUT2D eigenvalue weighted by atomic mass is 10.1. The van der Waals surface area contributed by atoms with Crippen LogP contribution in [-0.2, 0) is 24.8 Å². The lowest BCUT2D eigenvalue weighted by Crippen LogP contribution is -2.28. The Morgan fingerprint density at radius 2 is 2.00 bits per heavy atom. The van der Waals surface area contributed by atoms with Gasteiger partial charge in [-0.25, -0.2) is 4.98 Å². The number of nitrogens with zero attached hydrogens (tertiary/aromatic N) is 4. The number of imidazole rings is 1. The Morgan fingerprint density at radius 3 is 2.72 bits per heavy atom. The Morgan fingerprint density at radius 1 is 1.19 bits per heavy atom. The number of aromatic nitrogens is 4. The van der Waals surface area contributed by atoms with Crippen LogP contribution >= 0.6 is 11.6 Å². The fourth-order valence-corrected chi connectivity index (χ4v) is 3.60. The van der Waals surface area contributed by atoms with E-state index in [0.717, 1.165) is 34.0 Å². The second-order valence-electron chi connectivity index (χ2n) is 7.40. The molecule has 2 aromatic carbocycles. The van der Waals surface area contributed by atoms with Crippen molar-refractivity contribution in [1.29, 1.82) is 0 Å². The van der Waals surface area contributed by atoms with Crippen LogP contribution in [0.15, 0.2) is 67.1 Å². The summed E-state index contributed by atoms with van der Waals surface area (Å²) in [6.45, 7) is 0.999. The number of rotatable bonds is 8. The van der Waals surface area contributed by atoms with Gasteiger partial charge in [-0.05, 0) is 35.4 Å². The number of ether oxygens (including phenoxy) is 1. The molecule has 164 valence electrons. The van der Waals surface area contributed by atoms with E-state index in [1.54, 1.807) is 13.3 Å². The molecule has 0 unspecified atom stereocenters. The lowest BCUT2D eigenvalue weighted by molar-refractivity contribution is -0.120. The largest absolute Gasteiger partial charge is 0.497 e. The number of benzene rings is 2. The molecule has 4 aromatic rings. The van der Waals surface area contributed by atoms with Crippen molar-refractivity contribution in [3.8, 4) is 28.4 Å². The molecular formula is C24H24ClN5O2. The van der Waals surface area contributed by atoms with Crippen molar-refractivity contribution in [2.45, 2.75) is 13.0 Å². The van der Waals surface area contributed by atoms with E-state index in [0.29, 0.717) is 24.5 Å². The molecule has 0 saturated carbocycles. The summed E-state index contributed by atoms with van der Waals surface area (Å²) in [4.78, 5) is 16.8. The topological polar surface area (TPSA) is 74.0 Å². The molecule has 1 amide bonds. The number of amides is 1. The number of halogens is 1. The zero-order valence-electron chi connectivity index (χ0n) is 18.0. The van der Waals surface area contributed by atoms with Crippen LogP contribution in [0.4, 0.5) is 0 Å². The summed E-state index contributed by atoms with van der Waals surface area (Å²) in [6, 6.07) is 15.2. The van der Waals surface area contributed by atoms with Gasteiger partial charge >= 0.3 is 0 Å². The Bertz CT molecular complexity index is 1210. The number of carbonyl (C=O) groups excluding carboxylic acids is 1. The third-order valence-electron chi connectivity index (χ3n) is 5.11. The van der Waals surface area contributed by atoms with E-state index >= 15 is 0 Å². The molecule has 2 aromatic heterocycles. The van der Waals surface area contributed by atoms with E-state index in [-0.39, 0.29) is 5.91 Å². The maximum absolute atomic E-state index is 12.4. The predicted molar refractivity (Wildman–Crippen MR) is 125 cm³/mol. The summed E-state index contributed by atoms with van der Waals surface area (Å²) in [7, 11) is 3.55. The molecule has 4 rings (SSSR count). The smallest absolute Gasteiger partial charge is 0.224 e. The Balaban J connectivity index is 1.46. The Hall–Kier alpha value is -3.58. The van der Waals surface area contributed by atoms with E-state index in [1.165, 1.54) is 0 Å². The first-order chi connectivity index (χ1) is 15.5. The first-order valence-electron chi connectivity index (χ1n) is 10.2. The molecule has 0 radical (unpaired) electrons. The number of hydrogen-bond acceptors (Lipinski definition) is 4. The summed E-state index contributed by atoms with van der Waals surface area (Å²) in [6.07, 6.45) is 5.91. The van der Waals surface area contributed by atoms with Crippen molar-refractivity contribution in [2.24, 2.45) is 7.05 Å². The molecule has 32 heavy (non-hydrogen) atoms. The van der Waals surface area contributed by atoms with Crippen molar-refractivity contribution in [1.82, 2.24) is 24.6 Å². The number of hydrogen-bond donors (Lipinski definition) is 1. The zero-order chi connectivity index (χ0) is 22.5. The number of carbonyl (C=O) groups is 1. The molecule has 0 bridgehead atoms. The normalized spacial score (nSPS) is 10.8. The van der Waals surface area contributed by atoms with Gasteiger partial charge in [0.05, 0.1) is 20.1 Å². The van der Waals surface area contributed by atoms with Crippen molar-refractivity contribution >= 4 is 17.5 Å². The van der Waals surface area contributed by atoms with Crippen LogP contribution in [0.5, 0.6) is 5.75 Å². The van der Waals surface area contributed by atoms with Gasteiger partial charge < -0.3 is 14.6 Å². The lowest BCUT2D eigenvalue weighted by Gasteiger charge is -2.07. The molecule has 0 aliphatic heterocycles. The molecule has 8 heteroatoms. The second kappa shape index (κ2) is 9.70. The monoisotopic (exact) mass is 449 g/mol. The van der Waals surface area contributed by atoms with Gasteiger partial charge in [0.2, 0.25) is 5.91 Å². The molecule has 0 saturated heterocycles. The van der Waals surface area contributed by atoms with E-state index in [2.05, 4.69) is 10.3 Å². The first-order valence-corrected chi connectivity index (χ1v) is 10.6. The molecule has 0 aliphatic carbocycles. The van der Waals surface area contributed by atoms with Crippen LogP contribution in [0.2, 0.25) is 5.02 Å². The second-order valence-corrected chi connectivity index (χ2v) is 7.84. The molecule has 0 atom stereocenters. The van der Waals surface area contributed by atoms with Crippen molar-refractivity contribution in [2.75, 3.05) is 13.7 Å². The average molecular weight is 450 g/mol. The molecule has 0 spiro atoms. The van der Waals surface area contributed by atoms with E-state index in [4.69, 9.17) is 21.4 Å². The van der Waals surface area contributed by atoms with Crippen LogP contribution < -0.4 is 10.1 Å². The standard InChI is InChI=1S/C24H24ClN5O2/c1-29-12-10-27-24(29)23-21(18-6-8-19(25)9-7-18)16-30(28-23)13-11-26-22(31)15-17-4-3-5-20(14-17)32-2/h3-10,12,14,16H,11,13,15H2,1-2H3,(H,26,31). The van der Waals surface area contributed by atoms with Gasteiger partial charge in [0.25, 0.3) is 0 Å². The molecule has 2 heterocycles. The highest BCUT2D eigenvalue weighted by atomic mass is 35.5. The summed E-state index contributed by atoms with van der Waals surface area (Å²) in [5, 5.41) is 8.39. The number of aryl methyl sites for hydroxylation is 1. The van der Waals surface area contributed by atoms with Crippen molar-refractivity contribution < 1.29 is 9.53 Å². The van der Waals surface area contributed by atoms with Gasteiger partial charge in [0, 0.05) is 42.8 Å². The van der Waals surface area contributed by atoms with Crippen LogP contribution in [0, 0.1) is 0 Å².